The van der Waals surface area contributed by atoms with Gasteiger partial charge in [-0.05, 0) is 14.1 Å². The zero-order valence-corrected chi connectivity index (χ0v) is 10.4. The van der Waals surface area contributed by atoms with Crippen molar-refractivity contribution in [2.24, 2.45) is 7.05 Å². The van der Waals surface area contributed by atoms with Crippen molar-refractivity contribution in [1.29, 1.82) is 0 Å². The third-order valence-electron chi connectivity index (χ3n) is 2.45. The van der Waals surface area contributed by atoms with E-state index < -0.39 is 0 Å². The largest absolute Gasteiger partial charge is 0.313 e. The van der Waals surface area contributed by atoms with Crippen LogP contribution < -0.4 is 5.32 Å². The monoisotopic (exact) mass is 210 g/mol. The fourth-order valence-corrected chi connectivity index (χ4v) is 1.56. The molecule has 1 N–H and O–H groups in total. The maximum atomic E-state index is 4.21. The van der Waals surface area contributed by atoms with Crippen molar-refractivity contribution in [1.82, 2.24) is 20.0 Å². The van der Waals surface area contributed by atoms with Gasteiger partial charge >= 0.3 is 0 Å². The number of aryl methyl sites for hydroxylation is 1. The van der Waals surface area contributed by atoms with Crippen molar-refractivity contribution in [2.45, 2.75) is 25.9 Å². The number of rotatable bonds is 5. The lowest BCUT2D eigenvalue weighted by molar-refractivity contribution is 0.283. The Kier molecular flexibility index (Phi) is 4.29. The Balaban J connectivity index is 2.66. The first-order valence-corrected chi connectivity index (χ1v) is 5.39. The van der Waals surface area contributed by atoms with Crippen LogP contribution in [0.1, 0.15) is 25.5 Å². The summed E-state index contributed by atoms with van der Waals surface area (Å²) in [6.07, 6.45) is 4.01. The number of hydrogen-bond acceptors (Lipinski definition) is 3. The van der Waals surface area contributed by atoms with E-state index in [1.165, 1.54) is 5.56 Å². The van der Waals surface area contributed by atoms with E-state index in [0.29, 0.717) is 12.1 Å². The molecule has 15 heavy (non-hydrogen) atoms. The van der Waals surface area contributed by atoms with E-state index in [1.54, 1.807) is 0 Å². The molecule has 86 valence electrons. The molecule has 1 heterocycles. The maximum Gasteiger partial charge on any atom is 0.0538 e. The van der Waals surface area contributed by atoms with E-state index in [2.05, 4.69) is 49.5 Å². The zero-order valence-electron chi connectivity index (χ0n) is 10.4. The van der Waals surface area contributed by atoms with Gasteiger partial charge in [0.25, 0.3) is 0 Å². The molecule has 0 aliphatic heterocycles. The van der Waals surface area contributed by atoms with Gasteiger partial charge in [-0.15, -0.1) is 0 Å². The van der Waals surface area contributed by atoms with Crippen LogP contribution in [-0.4, -0.2) is 41.4 Å². The second-order valence-electron chi connectivity index (χ2n) is 4.49. The van der Waals surface area contributed by atoms with Crippen LogP contribution in [0.4, 0.5) is 0 Å². The summed E-state index contributed by atoms with van der Waals surface area (Å²) < 4.78 is 1.85. The van der Waals surface area contributed by atoms with Gasteiger partial charge in [-0.2, -0.15) is 5.10 Å². The van der Waals surface area contributed by atoms with Crippen molar-refractivity contribution in [3.63, 3.8) is 0 Å². The van der Waals surface area contributed by atoms with E-state index >= 15 is 0 Å². The third-order valence-corrected chi connectivity index (χ3v) is 2.45. The third kappa shape index (κ3) is 3.64. The average molecular weight is 210 g/mol. The first kappa shape index (κ1) is 12.2. The summed E-state index contributed by atoms with van der Waals surface area (Å²) in [4.78, 5) is 2.21. The minimum atomic E-state index is 0.390. The Morgan fingerprint density at radius 3 is 2.53 bits per heavy atom. The van der Waals surface area contributed by atoms with Crippen LogP contribution in [0.5, 0.6) is 0 Å². The quantitative estimate of drug-likeness (QED) is 0.787. The van der Waals surface area contributed by atoms with Crippen LogP contribution in [0.2, 0.25) is 0 Å². The lowest BCUT2D eigenvalue weighted by atomic mass is 10.1. The van der Waals surface area contributed by atoms with Gasteiger partial charge in [-0.1, -0.05) is 13.8 Å². The Morgan fingerprint density at radius 2 is 2.13 bits per heavy atom. The summed E-state index contributed by atoms with van der Waals surface area (Å²) in [6, 6.07) is 0.908. The normalized spacial score (nSPS) is 13.8. The first-order valence-electron chi connectivity index (χ1n) is 5.39. The molecule has 1 unspecified atom stereocenters. The summed E-state index contributed by atoms with van der Waals surface area (Å²) in [5.41, 5.74) is 1.26. The Labute approximate surface area is 92.3 Å². The van der Waals surface area contributed by atoms with Gasteiger partial charge in [-0.3, -0.25) is 4.68 Å². The first-order chi connectivity index (χ1) is 7.00. The second-order valence-corrected chi connectivity index (χ2v) is 4.49. The van der Waals surface area contributed by atoms with Crippen molar-refractivity contribution in [3.05, 3.63) is 18.0 Å². The van der Waals surface area contributed by atoms with E-state index in [0.717, 1.165) is 6.54 Å². The molecular formula is C11H22N4. The molecule has 1 aromatic rings. The topological polar surface area (TPSA) is 33.1 Å². The fraction of sp³-hybridized carbons (Fsp3) is 0.727. The SMILES string of the molecule is CC(C)NCC(c1cnn(C)c1)N(C)C. The highest BCUT2D eigenvalue weighted by molar-refractivity contribution is 5.10. The minimum Gasteiger partial charge on any atom is -0.313 e. The fourth-order valence-electron chi connectivity index (χ4n) is 1.56. The van der Waals surface area contributed by atoms with Gasteiger partial charge in [0.1, 0.15) is 0 Å². The molecule has 0 saturated carbocycles. The van der Waals surface area contributed by atoms with Crippen LogP contribution in [-0.2, 0) is 7.05 Å². The van der Waals surface area contributed by atoms with Crippen molar-refractivity contribution < 1.29 is 0 Å². The average Bonchev–Trinajstić information content (AvgIpc) is 2.51. The Bertz CT molecular complexity index is 291. The van der Waals surface area contributed by atoms with E-state index in [9.17, 15) is 0 Å². The molecule has 4 heteroatoms. The minimum absolute atomic E-state index is 0.390. The summed E-state index contributed by atoms with van der Waals surface area (Å²) in [7, 11) is 6.14. The highest BCUT2D eigenvalue weighted by Gasteiger charge is 2.15. The van der Waals surface area contributed by atoms with E-state index in [-0.39, 0.29) is 0 Å². The maximum absolute atomic E-state index is 4.21. The molecule has 0 aromatic carbocycles. The van der Waals surface area contributed by atoms with Gasteiger partial charge in [0, 0.05) is 37.4 Å². The van der Waals surface area contributed by atoms with Gasteiger partial charge in [0.05, 0.1) is 6.20 Å². The van der Waals surface area contributed by atoms with E-state index in [1.807, 2.05) is 17.9 Å². The lowest BCUT2D eigenvalue weighted by Crippen LogP contribution is -2.34. The zero-order chi connectivity index (χ0) is 11.4. The predicted molar refractivity (Wildman–Crippen MR) is 62.8 cm³/mol. The number of nitrogens with zero attached hydrogens (tertiary/aromatic N) is 3. The standard InChI is InChI=1S/C11H22N4/c1-9(2)12-7-11(14(3)4)10-6-13-15(5)8-10/h6,8-9,11-12H,7H2,1-5H3. The Hall–Kier alpha value is -0.870. The number of hydrogen-bond donors (Lipinski definition) is 1. The molecule has 0 aliphatic carbocycles. The molecule has 4 nitrogen and oxygen atoms in total. The number of aromatic nitrogens is 2. The summed E-state index contributed by atoms with van der Waals surface area (Å²) in [5.74, 6) is 0. The number of likely N-dealkylation sites (N-methyl/N-ethyl adjacent to an activating group) is 1. The molecule has 0 aliphatic rings. The number of nitrogens with one attached hydrogen (secondary N) is 1. The Morgan fingerprint density at radius 1 is 1.47 bits per heavy atom. The molecule has 0 saturated heterocycles. The van der Waals surface area contributed by atoms with Crippen LogP contribution in [0.15, 0.2) is 12.4 Å². The van der Waals surface area contributed by atoms with Gasteiger partial charge < -0.3 is 10.2 Å². The summed E-state index contributed by atoms with van der Waals surface area (Å²) >= 11 is 0. The molecule has 0 radical (unpaired) electrons. The molecule has 0 amide bonds. The molecule has 1 rings (SSSR count). The lowest BCUT2D eigenvalue weighted by Gasteiger charge is -2.24. The summed E-state index contributed by atoms with van der Waals surface area (Å²) in [6.45, 7) is 5.28. The predicted octanol–water partition coefficient (Wildman–Crippen LogP) is 1.02. The van der Waals surface area contributed by atoms with Crippen molar-refractivity contribution in [3.8, 4) is 0 Å². The second kappa shape index (κ2) is 5.28. The molecule has 1 atom stereocenters. The molecular weight excluding hydrogens is 188 g/mol. The highest BCUT2D eigenvalue weighted by atomic mass is 15.2. The van der Waals surface area contributed by atoms with Gasteiger partial charge in [0.2, 0.25) is 0 Å². The van der Waals surface area contributed by atoms with E-state index in [4.69, 9.17) is 0 Å². The van der Waals surface area contributed by atoms with Crippen LogP contribution in [0, 0.1) is 0 Å². The molecule has 1 aromatic heterocycles. The van der Waals surface area contributed by atoms with Gasteiger partial charge in [0.15, 0.2) is 0 Å². The smallest absolute Gasteiger partial charge is 0.0538 e. The molecule has 0 fully saturated rings. The van der Waals surface area contributed by atoms with Crippen LogP contribution in [0.3, 0.4) is 0 Å². The molecule has 0 spiro atoms. The van der Waals surface area contributed by atoms with Crippen molar-refractivity contribution >= 4 is 0 Å². The van der Waals surface area contributed by atoms with Crippen LogP contribution >= 0.6 is 0 Å². The highest BCUT2D eigenvalue weighted by Crippen LogP contribution is 2.16. The molecule has 0 bridgehead atoms. The summed E-state index contributed by atoms with van der Waals surface area (Å²) in [5, 5.41) is 7.67. The van der Waals surface area contributed by atoms with Crippen LogP contribution in [0.25, 0.3) is 0 Å². The van der Waals surface area contributed by atoms with Crippen molar-refractivity contribution in [2.75, 3.05) is 20.6 Å². The van der Waals surface area contributed by atoms with Gasteiger partial charge in [-0.25, -0.2) is 0 Å².